The number of thiol groups is 1. The van der Waals surface area contributed by atoms with Gasteiger partial charge >= 0.3 is 0 Å². The first-order valence-electron chi connectivity index (χ1n) is 2.38. The van der Waals surface area contributed by atoms with Crippen LogP contribution in [-0.4, -0.2) is 5.44 Å². The van der Waals surface area contributed by atoms with Crippen molar-refractivity contribution in [2.45, 2.75) is 18.3 Å². The van der Waals surface area contributed by atoms with Crippen LogP contribution in [0.15, 0.2) is 12.3 Å². The van der Waals surface area contributed by atoms with Crippen molar-refractivity contribution in [2.75, 3.05) is 0 Å². The highest BCUT2D eigenvalue weighted by Gasteiger charge is 2.01. The molecule has 1 atom stereocenters. The molecule has 0 saturated heterocycles. The van der Waals surface area contributed by atoms with E-state index in [1.165, 1.54) is 0 Å². The van der Waals surface area contributed by atoms with Crippen LogP contribution in [0.3, 0.4) is 0 Å². The van der Waals surface area contributed by atoms with E-state index in [4.69, 9.17) is 4.74 Å². The number of hydrogen-bond donors (Lipinski definition) is 1. The summed E-state index contributed by atoms with van der Waals surface area (Å²) < 4.78 is 4.96. The van der Waals surface area contributed by atoms with Gasteiger partial charge in [0.05, 0.1) is 6.26 Å². The fourth-order valence-corrected chi connectivity index (χ4v) is 0.740. The van der Waals surface area contributed by atoms with E-state index < -0.39 is 0 Å². The smallest absolute Gasteiger partial charge is 0.141 e. The van der Waals surface area contributed by atoms with Crippen molar-refractivity contribution in [2.24, 2.45) is 0 Å². The molecule has 2 heteroatoms. The van der Waals surface area contributed by atoms with Gasteiger partial charge in [-0.15, -0.1) is 12.6 Å². The van der Waals surface area contributed by atoms with Crippen LogP contribution in [0.5, 0.6) is 0 Å². The minimum atomic E-state index is 0.144. The Kier molecular flexibility index (Phi) is 1.63. The molecule has 0 aromatic rings. The van der Waals surface area contributed by atoms with Crippen LogP contribution in [0, 0.1) is 0 Å². The van der Waals surface area contributed by atoms with Crippen molar-refractivity contribution < 1.29 is 4.74 Å². The molecule has 1 heterocycles. The molecule has 0 aliphatic carbocycles. The first kappa shape index (κ1) is 5.04. The van der Waals surface area contributed by atoms with Crippen molar-refractivity contribution in [3.05, 3.63) is 12.3 Å². The van der Waals surface area contributed by atoms with Crippen molar-refractivity contribution in [3.8, 4) is 0 Å². The highest BCUT2D eigenvalue weighted by Crippen LogP contribution is 2.11. The van der Waals surface area contributed by atoms with Gasteiger partial charge in [0.15, 0.2) is 0 Å². The Hall–Kier alpha value is -0.110. The van der Waals surface area contributed by atoms with Crippen LogP contribution in [0.4, 0.5) is 0 Å². The fraction of sp³-hybridized carbons (Fsp3) is 0.600. The van der Waals surface area contributed by atoms with Crippen LogP contribution >= 0.6 is 12.6 Å². The SMILES string of the molecule is SC1CCC=CO1. The van der Waals surface area contributed by atoms with E-state index in [-0.39, 0.29) is 5.44 Å². The minimum Gasteiger partial charge on any atom is -0.488 e. The van der Waals surface area contributed by atoms with E-state index in [0.29, 0.717) is 0 Å². The molecule has 1 nitrogen and oxygen atoms in total. The van der Waals surface area contributed by atoms with Crippen molar-refractivity contribution in [3.63, 3.8) is 0 Å². The van der Waals surface area contributed by atoms with E-state index in [2.05, 4.69) is 12.6 Å². The molecular formula is C5H8OS. The molecule has 1 rings (SSSR count). The predicted octanol–water partition coefficient (Wildman–Crippen LogP) is 1.57. The number of rotatable bonds is 0. The summed E-state index contributed by atoms with van der Waals surface area (Å²) >= 11 is 4.09. The number of ether oxygens (including phenoxy) is 1. The van der Waals surface area contributed by atoms with Crippen molar-refractivity contribution >= 4 is 12.6 Å². The van der Waals surface area contributed by atoms with Crippen LogP contribution in [0.1, 0.15) is 12.8 Å². The summed E-state index contributed by atoms with van der Waals surface area (Å²) in [6.45, 7) is 0. The molecule has 0 aromatic carbocycles. The topological polar surface area (TPSA) is 9.23 Å². The maximum Gasteiger partial charge on any atom is 0.141 e. The Bertz CT molecular complexity index is 80.1. The minimum absolute atomic E-state index is 0.144. The highest BCUT2D eigenvalue weighted by molar-refractivity contribution is 7.80. The molecular weight excluding hydrogens is 108 g/mol. The average Bonchev–Trinajstić information content (AvgIpc) is 1.69. The molecule has 1 unspecified atom stereocenters. The Labute approximate surface area is 48.8 Å². The zero-order chi connectivity index (χ0) is 5.11. The van der Waals surface area contributed by atoms with Gasteiger partial charge in [0.1, 0.15) is 5.44 Å². The second-order valence-electron chi connectivity index (χ2n) is 1.54. The van der Waals surface area contributed by atoms with Crippen LogP contribution < -0.4 is 0 Å². The normalized spacial score (nSPS) is 29.6. The van der Waals surface area contributed by atoms with E-state index in [0.717, 1.165) is 12.8 Å². The maximum atomic E-state index is 4.96. The van der Waals surface area contributed by atoms with Gasteiger partial charge < -0.3 is 4.74 Å². The lowest BCUT2D eigenvalue weighted by Gasteiger charge is -2.11. The summed E-state index contributed by atoms with van der Waals surface area (Å²) in [5.41, 5.74) is 0.144. The summed E-state index contributed by atoms with van der Waals surface area (Å²) in [6, 6.07) is 0. The first-order valence-corrected chi connectivity index (χ1v) is 2.90. The third-order valence-corrected chi connectivity index (χ3v) is 1.29. The summed E-state index contributed by atoms with van der Waals surface area (Å²) in [4.78, 5) is 0. The standard InChI is InChI=1S/C5H8OS/c7-5-3-1-2-4-6-5/h2,4-5,7H,1,3H2. The summed E-state index contributed by atoms with van der Waals surface area (Å²) in [5, 5.41) is 0. The van der Waals surface area contributed by atoms with Crippen LogP contribution in [0.2, 0.25) is 0 Å². The molecule has 0 fully saturated rings. The molecule has 0 spiro atoms. The molecule has 1 aliphatic heterocycles. The molecule has 0 amide bonds. The van der Waals surface area contributed by atoms with Crippen molar-refractivity contribution in [1.29, 1.82) is 0 Å². The summed E-state index contributed by atoms with van der Waals surface area (Å²) in [7, 11) is 0. The molecule has 0 saturated carbocycles. The lowest BCUT2D eigenvalue weighted by atomic mass is 10.3. The van der Waals surface area contributed by atoms with Gasteiger partial charge in [0.2, 0.25) is 0 Å². The second kappa shape index (κ2) is 2.26. The molecule has 0 aromatic heterocycles. The van der Waals surface area contributed by atoms with Gasteiger partial charge in [0, 0.05) is 0 Å². The van der Waals surface area contributed by atoms with Gasteiger partial charge in [-0.3, -0.25) is 0 Å². The lowest BCUT2D eigenvalue weighted by molar-refractivity contribution is 0.202. The average molecular weight is 116 g/mol. The van der Waals surface area contributed by atoms with Gasteiger partial charge in [0.25, 0.3) is 0 Å². The Morgan fingerprint density at radius 1 is 1.71 bits per heavy atom. The van der Waals surface area contributed by atoms with E-state index in [9.17, 15) is 0 Å². The van der Waals surface area contributed by atoms with E-state index in [1.54, 1.807) is 6.26 Å². The monoisotopic (exact) mass is 116 g/mol. The van der Waals surface area contributed by atoms with Crippen LogP contribution in [0.25, 0.3) is 0 Å². The Balaban J connectivity index is 2.32. The van der Waals surface area contributed by atoms with Gasteiger partial charge in [-0.2, -0.15) is 0 Å². The first-order chi connectivity index (χ1) is 3.39. The number of hydrogen-bond acceptors (Lipinski definition) is 2. The van der Waals surface area contributed by atoms with Gasteiger partial charge in [-0.05, 0) is 18.9 Å². The van der Waals surface area contributed by atoms with Crippen LogP contribution in [-0.2, 0) is 4.74 Å². The molecule has 7 heavy (non-hydrogen) atoms. The second-order valence-corrected chi connectivity index (χ2v) is 2.12. The summed E-state index contributed by atoms with van der Waals surface area (Å²) in [5.74, 6) is 0. The Morgan fingerprint density at radius 3 is 2.86 bits per heavy atom. The Morgan fingerprint density at radius 2 is 2.57 bits per heavy atom. The molecule has 0 bridgehead atoms. The summed E-state index contributed by atoms with van der Waals surface area (Å²) in [6.07, 6.45) is 5.86. The lowest BCUT2D eigenvalue weighted by Crippen LogP contribution is -2.02. The molecule has 40 valence electrons. The van der Waals surface area contributed by atoms with Gasteiger partial charge in [-0.1, -0.05) is 0 Å². The largest absolute Gasteiger partial charge is 0.488 e. The zero-order valence-corrected chi connectivity index (χ0v) is 4.90. The zero-order valence-electron chi connectivity index (χ0n) is 4.00. The molecule has 1 aliphatic rings. The van der Waals surface area contributed by atoms with E-state index in [1.807, 2.05) is 6.08 Å². The van der Waals surface area contributed by atoms with E-state index >= 15 is 0 Å². The predicted molar refractivity (Wildman–Crippen MR) is 32.2 cm³/mol. The highest BCUT2D eigenvalue weighted by atomic mass is 32.1. The number of allylic oxidation sites excluding steroid dienone is 1. The molecule has 0 N–H and O–H groups in total. The maximum absolute atomic E-state index is 4.96. The van der Waals surface area contributed by atoms with Gasteiger partial charge in [-0.25, -0.2) is 0 Å². The third kappa shape index (κ3) is 1.43. The fourth-order valence-electron chi connectivity index (χ4n) is 0.521. The third-order valence-electron chi connectivity index (χ3n) is 0.912. The molecule has 0 radical (unpaired) electrons. The quantitative estimate of drug-likeness (QED) is 0.472. The van der Waals surface area contributed by atoms with Crippen molar-refractivity contribution in [1.82, 2.24) is 0 Å².